The van der Waals surface area contributed by atoms with Crippen molar-refractivity contribution < 1.29 is 23.8 Å². The van der Waals surface area contributed by atoms with Crippen molar-refractivity contribution >= 4 is 23.6 Å². The zero-order valence-electron chi connectivity index (χ0n) is 16.4. The molecule has 0 aromatic heterocycles. The molecule has 1 saturated heterocycles. The number of aryl methyl sites for hydroxylation is 1. The minimum Gasteiger partial charge on any atom is -0.443 e. The number of carbonyl (C=O) groups excluding carboxylic acids is 2. The van der Waals surface area contributed by atoms with Crippen LogP contribution in [0.25, 0.3) is 0 Å². The zero-order valence-corrected chi connectivity index (χ0v) is 17.1. The highest BCUT2D eigenvalue weighted by molar-refractivity contribution is 6.28. The lowest BCUT2D eigenvalue weighted by Gasteiger charge is -2.43. The number of imide groups is 1. The van der Waals surface area contributed by atoms with E-state index in [1.165, 1.54) is 5.56 Å². The molecule has 1 spiro atoms. The molecule has 2 aliphatic rings. The molecule has 154 valence electrons. The number of hydrogen-bond donors (Lipinski definition) is 1. The van der Waals surface area contributed by atoms with Crippen molar-refractivity contribution in [2.45, 2.75) is 50.4 Å². The SMILES string of the molecule is CO[C@@H]1[C@H](OC(=O)NC(=O)CCl)CC[C@]2(CO2)[C@H]1C(C)CCc1ccccc1. The van der Waals surface area contributed by atoms with E-state index < -0.39 is 18.1 Å². The largest absolute Gasteiger partial charge is 0.443 e. The summed E-state index contributed by atoms with van der Waals surface area (Å²) in [5.74, 6) is -0.418. The Morgan fingerprint density at radius 2 is 2.07 bits per heavy atom. The van der Waals surface area contributed by atoms with Crippen LogP contribution in [0.1, 0.15) is 31.7 Å². The average molecular weight is 410 g/mol. The van der Waals surface area contributed by atoms with E-state index in [4.69, 9.17) is 25.8 Å². The predicted octanol–water partition coefficient (Wildman–Crippen LogP) is 3.31. The fraction of sp³-hybridized carbons (Fsp3) is 0.619. The number of rotatable bonds is 7. The van der Waals surface area contributed by atoms with Crippen molar-refractivity contribution in [2.75, 3.05) is 19.6 Å². The average Bonchev–Trinajstić information content (AvgIpc) is 3.47. The maximum absolute atomic E-state index is 12.0. The van der Waals surface area contributed by atoms with Gasteiger partial charge in [-0.25, -0.2) is 4.79 Å². The zero-order chi connectivity index (χ0) is 20.1. The van der Waals surface area contributed by atoms with E-state index in [-0.39, 0.29) is 23.5 Å². The summed E-state index contributed by atoms with van der Waals surface area (Å²) in [4.78, 5) is 23.3. The van der Waals surface area contributed by atoms with E-state index >= 15 is 0 Å². The van der Waals surface area contributed by atoms with Crippen molar-refractivity contribution in [3.05, 3.63) is 35.9 Å². The minimum absolute atomic E-state index is 0.122. The molecule has 2 fully saturated rings. The number of nitrogens with one attached hydrogen (secondary N) is 1. The van der Waals surface area contributed by atoms with E-state index in [9.17, 15) is 9.59 Å². The molecule has 1 heterocycles. The fourth-order valence-corrected chi connectivity index (χ4v) is 4.54. The van der Waals surface area contributed by atoms with Gasteiger partial charge in [0.15, 0.2) is 0 Å². The first-order chi connectivity index (χ1) is 13.5. The van der Waals surface area contributed by atoms with E-state index in [0.29, 0.717) is 12.3 Å². The normalized spacial score (nSPS) is 29.9. The summed E-state index contributed by atoms with van der Waals surface area (Å²) < 4.78 is 17.2. The van der Waals surface area contributed by atoms with Crippen LogP contribution in [0.2, 0.25) is 0 Å². The summed E-state index contributed by atoms with van der Waals surface area (Å²) in [5, 5.41) is 2.13. The molecular formula is C21H28ClNO5. The van der Waals surface area contributed by atoms with Gasteiger partial charge in [-0.3, -0.25) is 10.1 Å². The predicted molar refractivity (Wildman–Crippen MR) is 105 cm³/mol. The van der Waals surface area contributed by atoms with Crippen LogP contribution in [0, 0.1) is 11.8 Å². The van der Waals surface area contributed by atoms with Crippen molar-refractivity contribution in [3.63, 3.8) is 0 Å². The van der Waals surface area contributed by atoms with Crippen LogP contribution in [-0.4, -0.2) is 49.4 Å². The maximum atomic E-state index is 12.0. The molecule has 5 atom stereocenters. The number of carbonyl (C=O) groups is 2. The maximum Gasteiger partial charge on any atom is 0.414 e. The Labute approximate surface area is 170 Å². The molecule has 1 aromatic carbocycles. The monoisotopic (exact) mass is 409 g/mol. The highest BCUT2D eigenvalue weighted by Crippen LogP contribution is 2.51. The highest BCUT2D eigenvalue weighted by atomic mass is 35.5. The third-order valence-electron chi connectivity index (χ3n) is 5.93. The Balaban J connectivity index is 1.66. The second kappa shape index (κ2) is 9.25. The Kier molecular flexibility index (Phi) is 6.96. The van der Waals surface area contributed by atoms with Crippen LogP contribution < -0.4 is 5.32 Å². The number of alkyl carbamates (subject to hydrolysis) is 1. The number of epoxide rings is 1. The van der Waals surface area contributed by atoms with Crippen molar-refractivity contribution in [1.29, 1.82) is 0 Å². The topological polar surface area (TPSA) is 77.2 Å². The van der Waals surface area contributed by atoms with Gasteiger partial charge in [0.05, 0.1) is 12.2 Å². The molecule has 1 aromatic rings. The Bertz CT molecular complexity index is 679. The van der Waals surface area contributed by atoms with Gasteiger partial charge < -0.3 is 14.2 Å². The molecule has 1 saturated carbocycles. The lowest BCUT2D eigenvalue weighted by molar-refractivity contribution is -0.122. The summed E-state index contributed by atoms with van der Waals surface area (Å²) >= 11 is 5.43. The lowest BCUT2D eigenvalue weighted by atomic mass is 9.68. The molecular weight excluding hydrogens is 382 g/mol. The van der Waals surface area contributed by atoms with Gasteiger partial charge in [0.1, 0.15) is 18.1 Å². The quantitative estimate of drug-likeness (QED) is 0.552. The molecule has 1 N–H and O–H groups in total. The lowest BCUT2D eigenvalue weighted by Crippen LogP contribution is -2.53. The van der Waals surface area contributed by atoms with E-state index in [0.717, 1.165) is 25.9 Å². The second-order valence-electron chi connectivity index (χ2n) is 7.75. The molecule has 2 amide bonds. The molecule has 6 nitrogen and oxygen atoms in total. The van der Waals surface area contributed by atoms with Gasteiger partial charge in [0.2, 0.25) is 5.91 Å². The van der Waals surface area contributed by atoms with Crippen LogP contribution in [0.3, 0.4) is 0 Å². The number of alkyl halides is 1. The van der Waals surface area contributed by atoms with Crippen LogP contribution in [0.15, 0.2) is 30.3 Å². The Morgan fingerprint density at radius 1 is 1.36 bits per heavy atom. The summed E-state index contributed by atoms with van der Waals surface area (Å²) in [6, 6.07) is 10.4. The van der Waals surface area contributed by atoms with Crippen LogP contribution in [0.5, 0.6) is 0 Å². The molecule has 7 heteroatoms. The van der Waals surface area contributed by atoms with Gasteiger partial charge in [-0.05, 0) is 37.2 Å². The Hall–Kier alpha value is -1.63. The van der Waals surface area contributed by atoms with Gasteiger partial charge in [-0.15, -0.1) is 11.6 Å². The number of benzene rings is 1. The summed E-state index contributed by atoms with van der Waals surface area (Å²) in [7, 11) is 1.64. The van der Waals surface area contributed by atoms with E-state index in [2.05, 4.69) is 36.5 Å². The standard InChI is InChI=1S/C21H28ClNO5/c1-14(8-9-15-6-4-3-5-7-15)18-19(26-2)16(10-11-21(18)13-27-21)28-20(25)23-17(24)12-22/h3-7,14,16,18-19H,8-13H2,1-2H3,(H,23,24,25)/t14?,16-,18+,19-,21+/m1/s1. The van der Waals surface area contributed by atoms with Crippen LogP contribution >= 0.6 is 11.6 Å². The number of hydrogen-bond acceptors (Lipinski definition) is 5. The fourth-order valence-electron chi connectivity index (χ4n) is 4.48. The number of halogens is 1. The smallest absolute Gasteiger partial charge is 0.414 e. The first-order valence-electron chi connectivity index (χ1n) is 9.76. The van der Waals surface area contributed by atoms with E-state index in [1.54, 1.807) is 7.11 Å². The third-order valence-corrected chi connectivity index (χ3v) is 6.18. The summed E-state index contributed by atoms with van der Waals surface area (Å²) in [6.45, 7) is 2.93. The van der Waals surface area contributed by atoms with Gasteiger partial charge in [-0.1, -0.05) is 37.3 Å². The van der Waals surface area contributed by atoms with Crippen molar-refractivity contribution in [2.24, 2.45) is 11.8 Å². The molecule has 1 aliphatic heterocycles. The molecule has 1 unspecified atom stereocenters. The van der Waals surface area contributed by atoms with Gasteiger partial charge in [0, 0.05) is 13.0 Å². The molecule has 1 aliphatic carbocycles. The van der Waals surface area contributed by atoms with Gasteiger partial charge in [0.25, 0.3) is 0 Å². The summed E-state index contributed by atoms with van der Waals surface area (Å²) in [6.07, 6.45) is 1.94. The number of ether oxygens (including phenoxy) is 3. The van der Waals surface area contributed by atoms with Gasteiger partial charge in [-0.2, -0.15) is 0 Å². The molecule has 0 bridgehead atoms. The van der Waals surface area contributed by atoms with Gasteiger partial charge >= 0.3 is 6.09 Å². The van der Waals surface area contributed by atoms with Crippen LogP contribution in [0.4, 0.5) is 4.79 Å². The van der Waals surface area contributed by atoms with Crippen molar-refractivity contribution in [1.82, 2.24) is 5.32 Å². The van der Waals surface area contributed by atoms with Crippen molar-refractivity contribution in [3.8, 4) is 0 Å². The third kappa shape index (κ3) is 4.85. The Morgan fingerprint density at radius 3 is 2.68 bits per heavy atom. The molecule has 28 heavy (non-hydrogen) atoms. The first-order valence-corrected chi connectivity index (χ1v) is 10.3. The number of methoxy groups -OCH3 is 1. The highest BCUT2D eigenvalue weighted by Gasteiger charge is 2.60. The van der Waals surface area contributed by atoms with Crippen LogP contribution in [-0.2, 0) is 25.4 Å². The molecule has 3 rings (SSSR count). The number of amides is 2. The van der Waals surface area contributed by atoms with E-state index in [1.807, 2.05) is 6.07 Å². The second-order valence-corrected chi connectivity index (χ2v) is 8.01. The minimum atomic E-state index is -0.777. The summed E-state index contributed by atoms with van der Waals surface area (Å²) in [5.41, 5.74) is 1.12. The molecule has 0 radical (unpaired) electrons. The first kappa shape index (κ1) is 21.1.